The zero-order chi connectivity index (χ0) is 24.1. The van der Waals surface area contributed by atoms with Gasteiger partial charge in [-0.05, 0) is 55.2 Å². The highest BCUT2D eigenvalue weighted by atomic mass is 35.5. The number of anilines is 1. The predicted octanol–water partition coefficient (Wildman–Crippen LogP) is 4.42. The molecule has 0 bridgehead atoms. The van der Waals surface area contributed by atoms with Crippen LogP contribution in [0.5, 0.6) is 0 Å². The van der Waals surface area contributed by atoms with Crippen molar-refractivity contribution in [2.75, 3.05) is 25.5 Å². The first-order valence-corrected chi connectivity index (χ1v) is 12.6. The van der Waals surface area contributed by atoms with Gasteiger partial charge in [0.15, 0.2) is 5.17 Å². The molecule has 1 saturated heterocycles. The molecule has 9 heteroatoms. The number of hydrogen-bond acceptors (Lipinski definition) is 5. The average molecular weight is 499 g/mol. The molecule has 178 valence electrons. The number of hydrogen-bond donors (Lipinski definition) is 1. The molecule has 0 saturated carbocycles. The number of nitrogens with zero attached hydrogens (tertiary/aromatic N) is 3. The van der Waals surface area contributed by atoms with Crippen molar-refractivity contribution in [1.82, 2.24) is 9.80 Å². The Hall–Kier alpha value is -2.84. The van der Waals surface area contributed by atoms with E-state index in [0.717, 1.165) is 36.7 Å². The monoisotopic (exact) mass is 498 g/mol. The van der Waals surface area contributed by atoms with Gasteiger partial charge in [0, 0.05) is 49.4 Å². The minimum Gasteiger partial charge on any atom is -0.351 e. The van der Waals surface area contributed by atoms with Crippen LogP contribution >= 0.6 is 23.4 Å². The van der Waals surface area contributed by atoms with Crippen LogP contribution in [0.25, 0.3) is 0 Å². The van der Waals surface area contributed by atoms with Crippen molar-refractivity contribution in [1.29, 1.82) is 0 Å². The number of piperidine rings is 1. The highest BCUT2D eigenvalue weighted by Crippen LogP contribution is 2.29. The molecule has 0 aromatic heterocycles. The minimum atomic E-state index is -0.507. The molecule has 7 nitrogen and oxygen atoms in total. The van der Waals surface area contributed by atoms with Crippen molar-refractivity contribution in [3.05, 3.63) is 64.7 Å². The van der Waals surface area contributed by atoms with Gasteiger partial charge in [-0.15, -0.1) is 0 Å². The lowest BCUT2D eigenvalue weighted by atomic mass is 10.1. The lowest BCUT2D eigenvalue weighted by Gasteiger charge is -2.27. The molecule has 34 heavy (non-hydrogen) atoms. The van der Waals surface area contributed by atoms with Gasteiger partial charge < -0.3 is 15.1 Å². The van der Waals surface area contributed by atoms with Crippen LogP contribution in [0.15, 0.2) is 53.5 Å². The molecule has 1 atom stereocenters. The van der Waals surface area contributed by atoms with Gasteiger partial charge in [-0.25, -0.2) is 0 Å². The standard InChI is InChI=1S/C25H27ClN4O3S/c1-29(16-17-8-10-19(26)11-9-17)24(33)18-6-5-7-20(14-18)27-22(31)15-21-23(32)28-25(34-21)30-12-3-2-4-13-30/h5-11,14,21H,2-4,12-13,15-16H2,1H3,(H,27,31)/t21-/m0/s1. The van der Waals surface area contributed by atoms with Crippen molar-refractivity contribution < 1.29 is 14.4 Å². The molecule has 2 aromatic rings. The van der Waals surface area contributed by atoms with Gasteiger partial charge in [0.2, 0.25) is 5.91 Å². The van der Waals surface area contributed by atoms with Crippen LogP contribution in [0.2, 0.25) is 5.02 Å². The van der Waals surface area contributed by atoms with Gasteiger partial charge in [0.25, 0.3) is 11.8 Å². The van der Waals surface area contributed by atoms with Crippen LogP contribution < -0.4 is 5.32 Å². The molecule has 0 aliphatic carbocycles. The highest BCUT2D eigenvalue weighted by Gasteiger charge is 2.33. The molecule has 1 N–H and O–H groups in total. The molecule has 0 radical (unpaired) electrons. The summed E-state index contributed by atoms with van der Waals surface area (Å²) < 4.78 is 0. The second-order valence-electron chi connectivity index (χ2n) is 8.51. The number of benzene rings is 2. The number of likely N-dealkylation sites (tertiary alicyclic amines) is 1. The molecule has 2 heterocycles. The molecular formula is C25H27ClN4O3S. The molecule has 4 rings (SSSR count). The number of rotatable bonds is 6. The zero-order valence-corrected chi connectivity index (χ0v) is 20.6. The molecule has 2 aliphatic rings. The number of amidine groups is 1. The first-order chi connectivity index (χ1) is 16.4. The fourth-order valence-electron chi connectivity index (χ4n) is 4.00. The van der Waals surface area contributed by atoms with Gasteiger partial charge in [0.05, 0.1) is 0 Å². The summed E-state index contributed by atoms with van der Waals surface area (Å²) in [7, 11) is 1.73. The summed E-state index contributed by atoms with van der Waals surface area (Å²) in [5.41, 5.74) is 1.95. The van der Waals surface area contributed by atoms with E-state index < -0.39 is 5.25 Å². The van der Waals surface area contributed by atoms with Gasteiger partial charge >= 0.3 is 0 Å². The van der Waals surface area contributed by atoms with Crippen molar-refractivity contribution in [3.8, 4) is 0 Å². The lowest BCUT2D eigenvalue weighted by Crippen LogP contribution is -2.33. The van der Waals surface area contributed by atoms with Crippen molar-refractivity contribution in [2.24, 2.45) is 4.99 Å². The van der Waals surface area contributed by atoms with Gasteiger partial charge in [-0.1, -0.05) is 41.6 Å². The highest BCUT2D eigenvalue weighted by molar-refractivity contribution is 8.15. The lowest BCUT2D eigenvalue weighted by molar-refractivity contribution is -0.121. The first kappa shape index (κ1) is 24.3. The summed E-state index contributed by atoms with van der Waals surface area (Å²) >= 11 is 7.30. The summed E-state index contributed by atoms with van der Waals surface area (Å²) in [6.45, 7) is 2.25. The van der Waals surface area contributed by atoms with Crippen LogP contribution in [0.4, 0.5) is 5.69 Å². The predicted molar refractivity (Wildman–Crippen MR) is 136 cm³/mol. The number of aliphatic imine (C=N–C) groups is 1. The quantitative estimate of drug-likeness (QED) is 0.637. The largest absolute Gasteiger partial charge is 0.351 e. The third-order valence-corrected chi connectivity index (χ3v) is 7.26. The third kappa shape index (κ3) is 6.18. The molecule has 0 unspecified atom stereocenters. The number of halogens is 1. The van der Waals surface area contributed by atoms with Crippen molar-refractivity contribution in [2.45, 2.75) is 37.5 Å². The van der Waals surface area contributed by atoms with Gasteiger partial charge in [-0.3, -0.25) is 14.4 Å². The van der Waals surface area contributed by atoms with Crippen LogP contribution in [0.3, 0.4) is 0 Å². The maximum atomic E-state index is 12.9. The number of carbonyl (C=O) groups excluding carboxylic acids is 3. The summed E-state index contributed by atoms with van der Waals surface area (Å²) in [5.74, 6) is -0.694. The van der Waals surface area contributed by atoms with E-state index >= 15 is 0 Å². The first-order valence-electron chi connectivity index (χ1n) is 11.3. The fourth-order valence-corrected chi connectivity index (χ4v) is 5.24. The number of nitrogens with one attached hydrogen (secondary N) is 1. The zero-order valence-electron chi connectivity index (χ0n) is 19.0. The molecule has 1 fully saturated rings. The topological polar surface area (TPSA) is 82.1 Å². The maximum absolute atomic E-state index is 12.9. The van der Waals surface area contributed by atoms with Gasteiger partial charge in [-0.2, -0.15) is 4.99 Å². The number of carbonyl (C=O) groups is 3. The van der Waals surface area contributed by atoms with E-state index in [0.29, 0.717) is 22.8 Å². The SMILES string of the molecule is CN(Cc1ccc(Cl)cc1)C(=O)c1cccc(NC(=O)C[C@@H]2SC(N3CCCCC3)=NC2=O)c1. The molecular weight excluding hydrogens is 472 g/mol. The van der Waals surface area contributed by atoms with E-state index in [4.69, 9.17) is 11.6 Å². The Morgan fingerprint density at radius 2 is 1.88 bits per heavy atom. The second kappa shape index (κ2) is 11.1. The van der Waals surface area contributed by atoms with Crippen molar-refractivity contribution >= 4 is 51.9 Å². The Labute approximate surface area is 208 Å². The summed E-state index contributed by atoms with van der Waals surface area (Å²) in [6, 6.07) is 14.2. The van der Waals surface area contributed by atoms with E-state index in [-0.39, 0.29) is 24.1 Å². The van der Waals surface area contributed by atoms with Gasteiger partial charge in [0.1, 0.15) is 5.25 Å². The van der Waals surface area contributed by atoms with Crippen LogP contribution in [-0.2, 0) is 16.1 Å². The molecule has 3 amide bonds. The Morgan fingerprint density at radius 1 is 1.15 bits per heavy atom. The average Bonchev–Trinajstić information content (AvgIpc) is 3.20. The fraction of sp³-hybridized carbons (Fsp3) is 0.360. The van der Waals surface area contributed by atoms with E-state index in [1.165, 1.54) is 18.2 Å². The molecule has 2 aromatic carbocycles. The Kier molecular flexibility index (Phi) is 7.90. The van der Waals surface area contributed by atoms with Crippen LogP contribution in [0, 0.1) is 0 Å². The summed E-state index contributed by atoms with van der Waals surface area (Å²) in [5, 5.41) is 3.69. The number of thioether (sulfide) groups is 1. The molecule has 2 aliphatic heterocycles. The third-order valence-electron chi connectivity index (χ3n) is 5.80. The smallest absolute Gasteiger partial charge is 0.262 e. The second-order valence-corrected chi connectivity index (χ2v) is 10.1. The van der Waals surface area contributed by atoms with Crippen LogP contribution in [0.1, 0.15) is 41.6 Å². The minimum absolute atomic E-state index is 0.0407. The van der Waals surface area contributed by atoms with E-state index in [1.54, 1.807) is 48.3 Å². The number of amides is 3. The summed E-state index contributed by atoms with van der Waals surface area (Å²) in [6.07, 6.45) is 3.44. The normalized spacial score (nSPS) is 17.9. The Bertz CT molecular complexity index is 1100. The summed E-state index contributed by atoms with van der Waals surface area (Å²) in [4.78, 5) is 45.8. The van der Waals surface area contributed by atoms with E-state index in [9.17, 15) is 14.4 Å². The molecule has 0 spiro atoms. The Morgan fingerprint density at radius 3 is 2.62 bits per heavy atom. The van der Waals surface area contributed by atoms with Crippen molar-refractivity contribution in [3.63, 3.8) is 0 Å². The Balaban J connectivity index is 1.32. The van der Waals surface area contributed by atoms with E-state index in [1.807, 2.05) is 12.1 Å². The maximum Gasteiger partial charge on any atom is 0.262 e. The van der Waals surface area contributed by atoms with E-state index in [2.05, 4.69) is 15.2 Å². The van der Waals surface area contributed by atoms with Crippen LogP contribution in [-0.4, -0.2) is 58.1 Å².